The fourth-order valence-electron chi connectivity index (χ4n) is 2.98. The van der Waals surface area contributed by atoms with Crippen molar-refractivity contribution in [2.24, 2.45) is 7.05 Å². The van der Waals surface area contributed by atoms with Gasteiger partial charge in [0.05, 0.1) is 11.8 Å². The minimum Gasteiger partial charge on any atom is -0.463 e. The molecule has 0 atom stereocenters. The highest BCUT2D eigenvalue weighted by Gasteiger charge is 2.25. The Morgan fingerprint density at radius 3 is 2.61 bits per heavy atom. The number of furan rings is 1. The fourth-order valence-corrected chi connectivity index (χ4v) is 2.98. The molecule has 0 radical (unpaired) electrons. The second kappa shape index (κ2) is 5.42. The lowest BCUT2D eigenvalue weighted by Gasteiger charge is -2.34. The van der Waals surface area contributed by atoms with Crippen molar-refractivity contribution in [3.8, 4) is 0 Å². The highest BCUT2D eigenvalue weighted by Crippen LogP contribution is 2.21. The van der Waals surface area contributed by atoms with E-state index in [0.29, 0.717) is 18.8 Å². The molecule has 0 saturated carbocycles. The van der Waals surface area contributed by atoms with Crippen LogP contribution in [0.4, 0.5) is 5.95 Å². The van der Waals surface area contributed by atoms with E-state index in [1.807, 2.05) is 28.6 Å². The van der Waals surface area contributed by atoms with Crippen LogP contribution in [0.15, 0.2) is 41.3 Å². The molecule has 0 spiro atoms. The van der Waals surface area contributed by atoms with Crippen LogP contribution in [0.5, 0.6) is 0 Å². The normalized spacial score (nSPS) is 15.3. The summed E-state index contributed by atoms with van der Waals surface area (Å²) >= 11 is 0. The number of anilines is 1. The Balaban J connectivity index is 1.48. The predicted octanol–water partition coefficient (Wildman–Crippen LogP) is 1.52. The molecule has 3 aromatic heterocycles. The van der Waals surface area contributed by atoms with Crippen LogP contribution in [-0.2, 0) is 7.05 Å². The maximum Gasteiger partial charge on any atom is 0.270 e. The second-order valence-electron chi connectivity index (χ2n) is 5.59. The van der Waals surface area contributed by atoms with Crippen molar-refractivity contribution in [1.82, 2.24) is 19.4 Å². The SMILES string of the molecule is Cn1c(C(=O)N2CCN(c3ncccn3)CC2)cc2occc21. The van der Waals surface area contributed by atoms with Gasteiger partial charge in [0, 0.05) is 57.8 Å². The van der Waals surface area contributed by atoms with Gasteiger partial charge in [0.2, 0.25) is 5.95 Å². The zero-order chi connectivity index (χ0) is 15.8. The summed E-state index contributed by atoms with van der Waals surface area (Å²) in [6.07, 6.45) is 5.11. The van der Waals surface area contributed by atoms with Crippen LogP contribution >= 0.6 is 0 Å². The quantitative estimate of drug-likeness (QED) is 0.718. The van der Waals surface area contributed by atoms with Crippen LogP contribution in [-0.4, -0.2) is 51.5 Å². The first-order valence-electron chi connectivity index (χ1n) is 7.58. The Morgan fingerprint density at radius 1 is 1.17 bits per heavy atom. The van der Waals surface area contributed by atoms with Crippen molar-refractivity contribution in [3.63, 3.8) is 0 Å². The third kappa shape index (κ3) is 2.34. The molecule has 1 aliphatic heterocycles. The first kappa shape index (κ1) is 13.8. The standard InChI is InChI=1S/C16H17N5O2/c1-19-12-3-10-23-14(12)11-13(19)15(22)20-6-8-21(9-7-20)16-17-4-2-5-18-16/h2-5,10-11H,6-9H2,1H3. The molecular formula is C16H17N5O2. The van der Waals surface area contributed by atoms with E-state index >= 15 is 0 Å². The number of rotatable bonds is 2. The van der Waals surface area contributed by atoms with Gasteiger partial charge >= 0.3 is 0 Å². The Kier molecular flexibility index (Phi) is 3.25. The van der Waals surface area contributed by atoms with Crippen LogP contribution in [0.3, 0.4) is 0 Å². The van der Waals surface area contributed by atoms with Gasteiger partial charge in [0.1, 0.15) is 5.69 Å². The van der Waals surface area contributed by atoms with Crippen LogP contribution < -0.4 is 4.90 Å². The van der Waals surface area contributed by atoms with Gasteiger partial charge in [-0.15, -0.1) is 0 Å². The summed E-state index contributed by atoms with van der Waals surface area (Å²) < 4.78 is 7.26. The van der Waals surface area contributed by atoms with Crippen molar-refractivity contribution in [3.05, 3.63) is 42.5 Å². The predicted molar refractivity (Wildman–Crippen MR) is 85.3 cm³/mol. The third-order valence-corrected chi connectivity index (χ3v) is 4.28. The van der Waals surface area contributed by atoms with E-state index in [1.54, 1.807) is 24.7 Å². The molecule has 118 valence electrons. The summed E-state index contributed by atoms with van der Waals surface area (Å²) in [5.74, 6) is 0.753. The Hall–Kier alpha value is -2.83. The second-order valence-corrected chi connectivity index (χ2v) is 5.59. The summed E-state index contributed by atoms with van der Waals surface area (Å²) in [7, 11) is 1.89. The molecule has 0 aliphatic carbocycles. The Labute approximate surface area is 133 Å². The van der Waals surface area contributed by atoms with Gasteiger partial charge in [-0.25, -0.2) is 9.97 Å². The number of amides is 1. The van der Waals surface area contributed by atoms with E-state index in [2.05, 4.69) is 14.9 Å². The number of fused-ring (bicyclic) bond motifs is 1. The van der Waals surface area contributed by atoms with Gasteiger partial charge in [-0.05, 0) is 6.07 Å². The van der Waals surface area contributed by atoms with Crippen molar-refractivity contribution in [2.75, 3.05) is 31.1 Å². The van der Waals surface area contributed by atoms with Crippen molar-refractivity contribution in [2.45, 2.75) is 0 Å². The topological polar surface area (TPSA) is 67.4 Å². The molecule has 4 rings (SSSR count). The lowest BCUT2D eigenvalue weighted by atomic mass is 10.3. The molecular weight excluding hydrogens is 294 g/mol. The van der Waals surface area contributed by atoms with E-state index in [4.69, 9.17) is 4.42 Å². The molecule has 1 fully saturated rings. The van der Waals surface area contributed by atoms with E-state index in [-0.39, 0.29) is 5.91 Å². The first-order valence-corrected chi connectivity index (χ1v) is 7.58. The fraction of sp³-hybridized carbons (Fsp3) is 0.312. The zero-order valence-electron chi connectivity index (χ0n) is 12.8. The van der Waals surface area contributed by atoms with Gasteiger partial charge < -0.3 is 18.8 Å². The smallest absolute Gasteiger partial charge is 0.270 e. The van der Waals surface area contributed by atoms with Crippen LogP contribution in [0.2, 0.25) is 0 Å². The molecule has 7 nitrogen and oxygen atoms in total. The van der Waals surface area contributed by atoms with E-state index in [0.717, 1.165) is 30.1 Å². The summed E-state index contributed by atoms with van der Waals surface area (Å²) in [5.41, 5.74) is 2.33. The van der Waals surface area contributed by atoms with Crippen molar-refractivity contribution < 1.29 is 9.21 Å². The first-order chi connectivity index (χ1) is 11.2. The molecule has 7 heteroatoms. The number of piperazine rings is 1. The third-order valence-electron chi connectivity index (χ3n) is 4.28. The molecule has 4 heterocycles. The largest absolute Gasteiger partial charge is 0.463 e. The molecule has 0 unspecified atom stereocenters. The van der Waals surface area contributed by atoms with Gasteiger partial charge in [0.25, 0.3) is 5.91 Å². The molecule has 3 aromatic rings. The molecule has 23 heavy (non-hydrogen) atoms. The number of carbonyl (C=O) groups excluding carboxylic acids is 1. The van der Waals surface area contributed by atoms with E-state index in [1.165, 1.54) is 0 Å². The summed E-state index contributed by atoms with van der Waals surface area (Å²) in [5, 5.41) is 0. The highest BCUT2D eigenvalue weighted by atomic mass is 16.3. The van der Waals surface area contributed by atoms with Crippen LogP contribution in [0, 0.1) is 0 Å². The number of hydrogen-bond acceptors (Lipinski definition) is 5. The van der Waals surface area contributed by atoms with Gasteiger partial charge in [-0.2, -0.15) is 0 Å². The molecule has 0 bridgehead atoms. The van der Waals surface area contributed by atoms with Gasteiger partial charge in [-0.3, -0.25) is 4.79 Å². The van der Waals surface area contributed by atoms with Gasteiger partial charge in [-0.1, -0.05) is 0 Å². The van der Waals surface area contributed by atoms with Gasteiger partial charge in [0.15, 0.2) is 5.58 Å². The molecule has 0 N–H and O–H groups in total. The molecule has 1 aliphatic rings. The Morgan fingerprint density at radius 2 is 1.91 bits per heavy atom. The average Bonchev–Trinajstić information content (AvgIpc) is 3.18. The average molecular weight is 311 g/mol. The number of aryl methyl sites for hydroxylation is 1. The van der Waals surface area contributed by atoms with E-state index in [9.17, 15) is 4.79 Å². The molecule has 0 aromatic carbocycles. The number of carbonyl (C=O) groups is 1. The summed E-state index contributed by atoms with van der Waals surface area (Å²) in [6.45, 7) is 2.78. The zero-order valence-corrected chi connectivity index (χ0v) is 12.8. The highest BCUT2D eigenvalue weighted by molar-refractivity contribution is 5.97. The van der Waals surface area contributed by atoms with Crippen LogP contribution in [0.25, 0.3) is 11.1 Å². The van der Waals surface area contributed by atoms with Crippen molar-refractivity contribution in [1.29, 1.82) is 0 Å². The summed E-state index contributed by atoms with van der Waals surface area (Å²) in [6, 6.07) is 5.48. The lowest BCUT2D eigenvalue weighted by Crippen LogP contribution is -2.49. The molecule has 1 saturated heterocycles. The monoisotopic (exact) mass is 311 g/mol. The summed E-state index contributed by atoms with van der Waals surface area (Å²) in [4.78, 5) is 25.2. The molecule has 1 amide bonds. The maximum atomic E-state index is 12.7. The number of hydrogen-bond donors (Lipinski definition) is 0. The minimum absolute atomic E-state index is 0.0348. The lowest BCUT2D eigenvalue weighted by molar-refractivity contribution is 0.0737. The number of nitrogens with zero attached hydrogens (tertiary/aromatic N) is 5. The maximum absolute atomic E-state index is 12.7. The Bertz CT molecular complexity index is 831. The van der Waals surface area contributed by atoms with Crippen molar-refractivity contribution >= 4 is 23.0 Å². The van der Waals surface area contributed by atoms with E-state index < -0.39 is 0 Å². The number of aromatic nitrogens is 3. The van der Waals surface area contributed by atoms with Crippen LogP contribution in [0.1, 0.15) is 10.5 Å². The minimum atomic E-state index is 0.0348.